The van der Waals surface area contributed by atoms with Crippen LogP contribution in [-0.4, -0.2) is 17.6 Å². The van der Waals surface area contributed by atoms with Crippen molar-refractivity contribution in [2.45, 2.75) is 19.4 Å². The van der Waals surface area contributed by atoms with Crippen molar-refractivity contribution in [3.63, 3.8) is 0 Å². The van der Waals surface area contributed by atoms with Crippen LogP contribution in [0.2, 0.25) is 0 Å². The monoisotopic (exact) mass is 148 g/mol. The summed E-state index contributed by atoms with van der Waals surface area (Å²) in [5, 5.41) is 12.1. The van der Waals surface area contributed by atoms with E-state index in [0.717, 1.165) is 0 Å². The molecule has 0 fully saturated rings. The van der Waals surface area contributed by atoms with Crippen LogP contribution in [0.25, 0.3) is 0 Å². The minimum Gasteiger partial charge on any atom is -0.357 e. The summed E-state index contributed by atoms with van der Waals surface area (Å²) in [7, 11) is 0. The van der Waals surface area contributed by atoms with Crippen molar-refractivity contribution in [2.75, 3.05) is 6.61 Å². The Kier molecular flexibility index (Phi) is 4.10. The van der Waals surface area contributed by atoms with Gasteiger partial charge in [0.1, 0.15) is 0 Å². The Hall–Kier alpha value is -1.20. The van der Waals surface area contributed by atoms with E-state index >= 15 is 0 Å². The quantitative estimate of drug-likeness (QED) is 0.327. The van der Waals surface area contributed by atoms with Crippen molar-refractivity contribution >= 4 is 0 Å². The van der Waals surface area contributed by atoms with E-state index in [1.54, 1.807) is 6.92 Å². The van der Waals surface area contributed by atoms with Crippen LogP contribution in [0.3, 0.4) is 0 Å². The van der Waals surface area contributed by atoms with Gasteiger partial charge in [-0.15, -0.1) is 4.91 Å². The van der Waals surface area contributed by atoms with Crippen LogP contribution in [0, 0.1) is 15.0 Å². The van der Waals surface area contributed by atoms with Gasteiger partial charge in [-0.3, -0.25) is 10.1 Å². The lowest BCUT2D eigenvalue weighted by Crippen LogP contribution is -2.23. The van der Waals surface area contributed by atoms with E-state index in [0.29, 0.717) is 6.42 Å². The van der Waals surface area contributed by atoms with Crippen molar-refractivity contribution in [3.8, 4) is 0 Å². The van der Waals surface area contributed by atoms with Crippen LogP contribution in [0.4, 0.5) is 0 Å². The second kappa shape index (κ2) is 4.66. The lowest BCUT2D eigenvalue weighted by molar-refractivity contribution is -0.527. The van der Waals surface area contributed by atoms with Gasteiger partial charge in [-0.25, -0.2) is 0 Å². The van der Waals surface area contributed by atoms with Crippen molar-refractivity contribution in [1.82, 2.24) is 0 Å². The summed E-state index contributed by atoms with van der Waals surface area (Å²) in [5.41, 5.74) is 0. The van der Waals surface area contributed by atoms with Crippen molar-refractivity contribution in [2.24, 2.45) is 5.34 Å². The van der Waals surface area contributed by atoms with Gasteiger partial charge in [0, 0.05) is 11.3 Å². The maximum atomic E-state index is 10.0. The summed E-state index contributed by atoms with van der Waals surface area (Å²) in [6.45, 7) is 1.40. The van der Waals surface area contributed by atoms with Gasteiger partial charge in [0.15, 0.2) is 11.9 Å². The molecule has 0 bridgehead atoms. The highest BCUT2D eigenvalue weighted by molar-refractivity contribution is 4.49. The van der Waals surface area contributed by atoms with Gasteiger partial charge >= 0.3 is 0 Å². The van der Waals surface area contributed by atoms with E-state index in [9.17, 15) is 15.0 Å². The fourth-order valence-electron chi connectivity index (χ4n) is 0.444. The number of rotatable bonds is 5. The summed E-state index contributed by atoms with van der Waals surface area (Å²) in [6, 6.07) is -0.822. The summed E-state index contributed by atoms with van der Waals surface area (Å²) >= 11 is 0. The average molecular weight is 148 g/mol. The zero-order valence-electron chi connectivity index (χ0n) is 5.52. The Morgan fingerprint density at radius 2 is 2.40 bits per heavy atom. The minimum atomic E-state index is -0.822. The molecule has 6 heteroatoms. The third kappa shape index (κ3) is 2.95. The molecular formula is C4H8N2O4. The van der Waals surface area contributed by atoms with Gasteiger partial charge in [0.2, 0.25) is 6.04 Å². The van der Waals surface area contributed by atoms with E-state index in [-0.39, 0.29) is 6.61 Å². The summed E-state index contributed by atoms with van der Waals surface area (Å²) < 4.78 is 0. The van der Waals surface area contributed by atoms with Gasteiger partial charge in [0.05, 0.1) is 0 Å². The molecule has 0 aromatic carbocycles. The highest BCUT2D eigenvalue weighted by atomic mass is 16.7. The minimum absolute atomic E-state index is 0.243. The predicted octanol–water partition coefficient (Wildman–Crippen LogP) is 0.740. The van der Waals surface area contributed by atoms with Crippen molar-refractivity contribution < 1.29 is 9.76 Å². The average Bonchev–Trinajstić information content (AvgIpc) is 1.89. The van der Waals surface area contributed by atoms with Crippen LogP contribution in [0.5, 0.6) is 0 Å². The lowest BCUT2D eigenvalue weighted by atomic mass is 10.3. The first kappa shape index (κ1) is 8.80. The molecule has 0 saturated carbocycles. The topological polar surface area (TPSA) is 81.8 Å². The molecule has 0 aromatic rings. The standard InChI is InChI=1S/C4H8N2O4/c1-2-4(6(8)9)3-10-5-7/h4H,2-3H2,1H3. The Balaban J connectivity index is 3.60. The maximum absolute atomic E-state index is 10.0. The summed E-state index contributed by atoms with van der Waals surface area (Å²) in [5.74, 6) is 0. The Labute approximate surface area is 57.2 Å². The number of nitro groups is 1. The molecule has 0 spiro atoms. The van der Waals surface area contributed by atoms with E-state index in [2.05, 4.69) is 10.2 Å². The molecule has 1 atom stereocenters. The molecule has 6 nitrogen and oxygen atoms in total. The van der Waals surface area contributed by atoms with Crippen LogP contribution in [-0.2, 0) is 4.84 Å². The molecule has 0 aliphatic carbocycles. The van der Waals surface area contributed by atoms with Crippen LogP contribution >= 0.6 is 0 Å². The molecule has 0 heterocycles. The van der Waals surface area contributed by atoms with E-state index in [1.807, 2.05) is 0 Å². The van der Waals surface area contributed by atoms with Crippen molar-refractivity contribution in [3.05, 3.63) is 15.0 Å². The predicted molar refractivity (Wildman–Crippen MR) is 32.8 cm³/mol. The Bertz CT molecular complexity index is 126. The molecule has 0 amide bonds. The normalized spacial score (nSPS) is 12.1. The van der Waals surface area contributed by atoms with Gasteiger partial charge in [-0.05, 0) is 0 Å². The van der Waals surface area contributed by atoms with Crippen LogP contribution < -0.4 is 0 Å². The highest BCUT2D eigenvalue weighted by Crippen LogP contribution is 1.96. The highest BCUT2D eigenvalue weighted by Gasteiger charge is 2.17. The molecule has 58 valence electrons. The van der Waals surface area contributed by atoms with Gasteiger partial charge in [-0.1, -0.05) is 6.92 Å². The molecule has 0 aliphatic rings. The molecule has 0 aliphatic heterocycles. The first-order valence-electron chi connectivity index (χ1n) is 2.80. The third-order valence-electron chi connectivity index (χ3n) is 1.09. The van der Waals surface area contributed by atoms with Gasteiger partial charge < -0.3 is 4.84 Å². The molecular weight excluding hydrogens is 140 g/mol. The second-order valence-electron chi connectivity index (χ2n) is 1.72. The van der Waals surface area contributed by atoms with Crippen molar-refractivity contribution in [1.29, 1.82) is 0 Å². The second-order valence-corrected chi connectivity index (χ2v) is 1.72. The fourth-order valence-corrected chi connectivity index (χ4v) is 0.444. The van der Waals surface area contributed by atoms with E-state index < -0.39 is 11.0 Å². The number of nitrogens with zero attached hydrogens (tertiary/aromatic N) is 2. The Morgan fingerprint density at radius 3 is 2.70 bits per heavy atom. The summed E-state index contributed by atoms with van der Waals surface area (Å²) in [6.07, 6.45) is 0.336. The third-order valence-corrected chi connectivity index (χ3v) is 1.09. The van der Waals surface area contributed by atoms with Crippen LogP contribution in [0.15, 0.2) is 5.34 Å². The molecule has 0 aromatic heterocycles. The maximum Gasteiger partial charge on any atom is 0.249 e. The molecule has 0 radical (unpaired) electrons. The smallest absolute Gasteiger partial charge is 0.249 e. The zero-order chi connectivity index (χ0) is 7.98. The lowest BCUT2D eigenvalue weighted by Gasteiger charge is -2.01. The number of hydrogen-bond donors (Lipinski definition) is 0. The van der Waals surface area contributed by atoms with Gasteiger partial charge in [-0.2, -0.15) is 0 Å². The molecule has 10 heavy (non-hydrogen) atoms. The van der Waals surface area contributed by atoms with E-state index in [4.69, 9.17) is 0 Å². The molecule has 1 unspecified atom stereocenters. The van der Waals surface area contributed by atoms with Gasteiger partial charge in [0.25, 0.3) is 0 Å². The molecule has 0 saturated heterocycles. The molecule has 0 rings (SSSR count). The van der Waals surface area contributed by atoms with E-state index in [1.165, 1.54) is 0 Å². The first-order valence-corrected chi connectivity index (χ1v) is 2.80. The molecule has 0 N–H and O–H groups in total. The first-order chi connectivity index (χ1) is 4.72. The fraction of sp³-hybridized carbons (Fsp3) is 1.00. The Morgan fingerprint density at radius 1 is 1.80 bits per heavy atom. The van der Waals surface area contributed by atoms with Crippen LogP contribution in [0.1, 0.15) is 13.3 Å². The SMILES string of the molecule is CCC(CON=O)[N+](=O)[O-]. The summed E-state index contributed by atoms with van der Waals surface area (Å²) in [4.78, 5) is 22.9. The largest absolute Gasteiger partial charge is 0.357 e. The zero-order valence-corrected chi connectivity index (χ0v) is 5.52. The number of hydrogen-bond acceptors (Lipinski definition) is 5.